The fraction of sp³-hybridized carbons (Fsp3) is 0.300. The predicted octanol–water partition coefficient (Wildman–Crippen LogP) is 2.18. The molecule has 0 spiro atoms. The molecule has 2 N–H and O–H groups in total. The predicted molar refractivity (Wildman–Crippen MR) is 57.9 cm³/mol. The molecule has 3 heteroatoms. The summed E-state index contributed by atoms with van der Waals surface area (Å²) in [4.78, 5) is 4.40. The Balaban J connectivity index is 2.27. The van der Waals surface area contributed by atoms with E-state index in [1.54, 1.807) is 11.8 Å². The van der Waals surface area contributed by atoms with Gasteiger partial charge in [-0.05, 0) is 5.56 Å². The number of aliphatic imine (C=N–C) groups is 1. The summed E-state index contributed by atoms with van der Waals surface area (Å²) in [5, 5.41) is 1.17. The molecule has 2 rings (SSSR count). The minimum absolute atomic E-state index is 0.242. The maximum atomic E-state index is 5.67. The first-order chi connectivity index (χ1) is 6.27. The van der Waals surface area contributed by atoms with Crippen LogP contribution in [0.4, 0.5) is 0 Å². The lowest BCUT2D eigenvalue weighted by Crippen LogP contribution is -2.05. The van der Waals surface area contributed by atoms with Crippen LogP contribution in [0.2, 0.25) is 0 Å². The zero-order valence-electron chi connectivity index (χ0n) is 7.47. The van der Waals surface area contributed by atoms with Gasteiger partial charge in [-0.1, -0.05) is 49.0 Å². The highest BCUT2D eigenvalue weighted by atomic mass is 32.2. The largest absolute Gasteiger partial charge is 0.379 e. The summed E-state index contributed by atoms with van der Waals surface area (Å²) in [7, 11) is 0. The van der Waals surface area contributed by atoms with Crippen LogP contribution in [0.15, 0.2) is 35.3 Å². The highest BCUT2D eigenvalue weighted by Crippen LogP contribution is 2.35. The molecule has 2 unspecified atom stereocenters. The SMILES string of the molecule is CC1SC(N)=NC1c1ccccc1. The lowest BCUT2D eigenvalue weighted by molar-refractivity contribution is 0.733. The monoisotopic (exact) mass is 192 g/mol. The molecule has 0 aromatic heterocycles. The summed E-state index contributed by atoms with van der Waals surface area (Å²) in [6.45, 7) is 2.16. The summed E-state index contributed by atoms with van der Waals surface area (Å²) < 4.78 is 0. The molecule has 1 aliphatic rings. The smallest absolute Gasteiger partial charge is 0.154 e. The van der Waals surface area contributed by atoms with Gasteiger partial charge in [-0.2, -0.15) is 0 Å². The number of hydrogen-bond acceptors (Lipinski definition) is 3. The van der Waals surface area contributed by atoms with Gasteiger partial charge in [0.2, 0.25) is 0 Å². The van der Waals surface area contributed by atoms with E-state index >= 15 is 0 Å². The van der Waals surface area contributed by atoms with Crippen molar-refractivity contribution in [3.8, 4) is 0 Å². The van der Waals surface area contributed by atoms with Gasteiger partial charge < -0.3 is 5.73 Å². The molecule has 0 aliphatic carbocycles. The molecule has 1 aromatic rings. The third-order valence-corrected chi connectivity index (χ3v) is 3.14. The first-order valence-electron chi connectivity index (χ1n) is 4.32. The van der Waals surface area contributed by atoms with E-state index in [0.717, 1.165) is 0 Å². The Bertz CT molecular complexity index is 321. The number of hydrogen-bond donors (Lipinski definition) is 1. The third kappa shape index (κ3) is 1.70. The van der Waals surface area contributed by atoms with Crippen molar-refractivity contribution >= 4 is 16.9 Å². The topological polar surface area (TPSA) is 38.4 Å². The zero-order chi connectivity index (χ0) is 9.26. The first-order valence-corrected chi connectivity index (χ1v) is 5.20. The van der Waals surface area contributed by atoms with E-state index in [-0.39, 0.29) is 6.04 Å². The fourth-order valence-corrected chi connectivity index (χ4v) is 2.43. The van der Waals surface area contributed by atoms with Crippen LogP contribution in [-0.2, 0) is 0 Å². The van der Waals surface area contributed by atoms with E-state index in [9.17, 15) is 0 Å². The normalized spacial score (nSPS) is 27.3. The average molecular weight is 192 g/mol. The van der Waals surface area contributed by atoms with E-state index in [4.69, 9.17) is 5.73 Å². The van der Waals surface area contributed by atoms with E-state index < -0.39 is 0 Å². The van der Waals surface area contributed by atoms with Gasteiger partial charge >= 0.3 is 0 Å². The molecule has 1 aliphatic heterocycles. The molecule has 13 heavy (non-hydrogen) atoms. The Morgan fingerprint density at radius 2 is 2.00 bits per heavy atom. The molecule has 0 saturated heterocycles. The summed E-state index contributed by atoms with van der Waals surface area (Å²) >= 11 is 1.65. The lowest BCUT2D eigenvalue weighted by atomic mass is 10.1. The second kappa shape index (κ2) is 3.42. The van der Waals surface area contributed by atoms with Crippen molar-refractivity contribution in [1.82, 2.24) is 0 Å². The molecule has 1 heterocycles. The van der Waals surface area contributed by atoms with Crippen LogP contribution in [0, 0.1) is 0 Å². The standard InChI is InChI=1S/C10H12N2S/c1-7-9(12-10(11)13-7)8-5-3-2-4-6-8/h2-7,9H,1H3,(H2,11,12). The van der Waals surface area contributed by atoms with Gasteiger partial charge in [-0.3, -0.25) is 4.99 Å². The number of thioether (sulfide) groups is 1. The van der Waals surface area contributed by atoms with Gasteiger partial charge in [-0.25, -0.2) is 0 Å². The number of amidine groups is 1. The minimum Gasteiger partial charge on any atom is -0.379 e. The van der Waals surface area contributed by atoms with E-state index in [0.29, 0.717) is 10.4 Å². The van der Waals surface area contributed by atoms with Crippen molar-refractivity contribution in [3.63, 3.8) is 0 Å². The Morgan fingerprint density at radius 3 is 2.54 bits per heavy atom. The molecular formula is C10H12N2S. The van der Waals surface area contributed by atoms with Gasteiger partial charge in [0.25, 0.3) is 0 Å². The van der Waals surface area contributed by atoms with Crippen LogP contribution in [0.1, 0.15) is 18.5 Å². The van der Waals surface area contributed by atoms with Crippen molar-refractivity contribution in [2.75, 3.05) is 0 Å². The summed E-state index contributed by atoms with van der Waals surface area (Å²) in [5.41, 5.74) is 6.92. The maximum Gasteiger partial charge on any atom is 0.154 e. The average Bonchev–Trinajstić information content (AvgIpc) is 2.47. The summed E-state index contributed by atoms with van der Waals surface area (Å²) in [6, 6.07) is 10.5. The Morgan fingerprint density at radius 1 is 1.31 bits per heavy atom. The Labute approximate surface area is 82.2 Å². The second-order valence-electron chi connectivity index (χ2n) is 3.15. The molecule has 2 nitrogen and oxygen atoms in total. The van der Waals surface area contributed by atoms with Crippen molar-refractivity contribution in [2.24, 2.45) is 10.7 Å². The van der Waals surface area contributed by atoms with E-state index in [2.05, 4.69) is 24.0 Å². The van der Waals surface area contributed by atoms with E-state index in [1.807, 2.05) is 18.2 Å². The first kappa shape index (κ1) is 8.63. The Kier molecular flexibility index (Phi) is 2.27. The van der Waals surface area contributed by atoms with Crippen molar-refractivity contribution in [1.29, 1.82) is 0 Å². The number of rotatable bonds is 1. The van der Waals surface area contributed by atoms with Crippen LogP contribution < -0.4 is 5.73 Å². The lowest BCUT2D eigenvalue weighted by Gasteiger charge is -2.11. The maximum absolute atomic E-state index is 5.67. The summed E-state index contributed by atoms with van der Waals surface area (Å²) in [5.74, 6) is 0. The fourth-order valence-electron chi connectivity index (χ4n) is 1.52. The molecule has 0 amide bonds. The molecule has 1 aromatic carbocycles. The third-order valence-electron chi connectivity index (χ3n) is 2.16. The molecule has 68 valence electrons. The van der Waals surface area contributed by atoms with Crippen LogP contribution >= 0.6 is 11.8 Å². The molecule has 0 saturated carbocycles. The summed E-state index contributed by atoms with van der Waals surface area (Å²) in [6.07, 6.45) is 0. The number of nitrogens with zero attached hydrogens (tertiary/aromatic N) is 1. The second-order valence-corrected chi connectivity index (χ2v) is 4.54. The van der Waals surface area contributed by atoms with Crippen molar-refractivity contribution in [2.45, 2.75) is 18.2 Å². The van der Waals surface area contributed by atoms with Crippen LogP contribution in [-0.4, -0.2) is 10.4 Å². The van der Waals surface area contributed by atoms with Crippen LogP contribution in [0.5, 0.6) is 0 Å². The highest BCUT2D eigenvalue weighted by Gasteiger charge is 2.25. The van der Waals surface area contributed by atoms with Gasteiger partial charge in [0.15, 0.2) is 5.17 Å². The number of benzene rings is 1. The molecule has 0 bridgehead atoms. The molecular weight excluding hydrogens is 180 g/mol. The van der Waals surface area contributed by atoms with Gasteiger partial charge in [0.05, 0.1) is 6.04 Å². The van der Waals surface area contributed by atoms with E-state index in [1.165, 1.54) is 5.56 Å². The minimum atomic E-state index is 0.242. The molecule has 2 atom stereocenters. The van der Waals surface area contributed by atoms with Gasteiger partial charge in [0, 0.05) is 5.25 Å². The van der Waals surface area contributed by atoms with Crippen molar-refractivity contribution < 1.29 is 0 Å². The zero-order valence-corrected chi connectivity index (χ0v) is 8.29. The highest BCUT2D eigenvalue weighted by molar-refractivity contribution is 8.14. The Hall–Kier alpha value is -0.960. The van der Waals surface area contributed by atoms with Crippen LogP contribution in [0.3, 0.4) is 0 Å². The van der Waals surface area contributed by atoms with Gasteiger partial charge in [-0.15, -0.1) is 0 Å². The van der Waals surface area contributed by atoms with Gasteiger partial charge in [0.1, 0.15) is 0 Å². The number of nitrogens with two attached hydrogens (primary N) is 1. The molecule has 0 radical (unpaired) electrons. The van der Waals surface area contributed by atoms with Crippen LogP contribution in [0.25, 0.3) is 0 Å². The molecule has 0 fully saturated rings. The van der Waals surface area contributed by atoms with Crippen molar-refractivity contribution in [3.05, 3.63) is 35.9 Å². The quantitative estimate of drug-likeness (QED) is 0.740.